The Bertz CT molecular complexity index is 978. The standard InChI is InChI=1S/C23H24O9/c1-12(30-21(28)9-7-14-6-8-17(25)18(26)10-14)22(29)15-11-16(15)23(31-13(2)24)19-4-3-5-20(27)32-19/h3,5-10,12,15-16,19,23,25-26H,4,11H2,1-2H3/b9-7+/t12-,15+,16+,19-,23+/m1/s1. The van der Waals surface area contributed by atoms with E-state index in [1.807, 2.05) is 0 Å². The third-order valence-corrected chi connectivity index (χ3v) is 5.29. The lowest BCUT2D eigenvalue weighted by Gasteiger charge is -2.27. The smallest absolute Gasteiger partial charge is 0.331 e. The zero-order valence-corrected chi connectivity index (χ0v) is 17.6. The number of phenols is 2. The molecule has 0 amide bonds. The van der Waals surface area contributed by atoms with Crippen LogP contribution in [0.15, 0.2) is 36.4 Å². The maximum Gasteiger partial charge on any atom is 0.331 e. The molecular formula is C23H24O9. The molecule has 0 spiro atoms. The molecule has 1 saturated carbocycles. The fourth-order valence-electron chi connectivity index (χ4n) is 3.65. The highest BCUT2D eigenvalue weighted by Crippen LogP contribution is 2.46. The molecule has 32 heavy (non-hydrogen) atoms. The Labute approximate surface area is 184 Å². The minimum atomic E-state index is -1.03. The molecule has 0 radical (unpaired) electrons. The molecule has 5 atom stereocenters. The minimum Gasteiger partial charge on any atom is -0.504 e. The average molecular weight is 444 g/mol. The van der Waals surface area contributed by atoms with Crippen LogP contribution < -0.4 is 0 Å². The number of carbonyl (C=O) groups is 4. The average Bonchev–Trinajstić information content (AvgIpc) is 3.52. The molecule has 3 rings (SSSR count). The number of benzene rings is 1. The van der Waals surface area contributed by atoms with E-state index in [0.717, 1.165) is 6.08 Å². The lowest BCUT2D eigenvalue weighted by Crippen LogP contribution is -2.38. The van der Waals surface area contributed by atoms with Crippen LogP contribution in [0.2, 0.25) is 0 Å². The van der Waals surface area contributed by atoms with E-state index in [2.05, 4.69) is 0 Å². The number of ether oxygens (including phenoxy) is 3. The normalized spacial score (nSPS) is 23.8. The number of esters is 3. The van der Waals surface area contributed by atoms with Gasteiger partial charge >= 0.3 is 17.9 Å². The van der Waals surface area contributed by atoms with Gasteiger partial charge in [-0.2, -0.15) is 0 Å². The molecule has 2 aliphatic rings. The summed E-state index contributed by atoms with van der Waals surface area (Å²) in [5.74, 6) is -3.55. The first kappa shape index (κ1) is 23.1. The molecule has 1 aromatic rings. The summed E-state index contributed by atoms with van der Waals surface area (Å²) in [6.07, 6.45) is 3.78. The van der Waals surface area contributed by atoms with Gasteiger partial charge < -0.3 is 24.4 Å². The second kappa shape index (κ2) is 9.67. The van der Waals surface area contributed by atoms with Gasteiger partial charge in [0.15, 0.2) is 23.4 Å². The van der Waals surface area contributed by atoms with Crippen LogP contribution in [0, 0.1) is 11.8 Å². The Morgan fingerprint density at radius 1 is 1.19 bits per heavy atom. The van der Waals surface area contributed by atoms with Crippen molar-refractivity contribution in [2.75, 3.05) is 0 Å². The number of ketones is 1. The first-order valence-corrected chi connectivity index (χ1v) is 10.1. The molecule has 2 N–H and O–H groups in total. The van der Waals surface area contributed by atoms with Crippen molar-refractivity contribution in [2.24, 2.45) is 11.8 Å². The van der Waals surface area contributed by atoms with Crippen molar-refractivity contribution >= 4 is 29.8 Å². The second-order valence-electron chi connectivity index (χ2n) is 7.76. The molecule has 170 valence electrons. The van der Waals surface area contributed by atoms with Crippen LogP contribution in [0.4, 0.5) is 0 Å². The van der Waals surface area contributed by atoms with Gasteiger partial charge in [0.1, 0.15) is 12.2 Å². The number of aromatic hydroxyl groups is 2. The quantitative estimate of drug-likeness (QED) is 0.267. The molecule has 1 heterocycles. The molecular weight excluding hydrogens is 420 g/mol. The third-order valence-electron chi connectivity index (χ3n) is 5.29. The van der Waals surface area contributed by atoms with Gasteiger partial charge in [0.25, 0.3) is 0 Å². The molecule has 0 saturated heterocycles. The monoisotopic (exact) mass is 444 g/mol. The van der Waals surface area contributed by atoms with Crippen LogP contribution in [-0.4, -0.2) is 52.2 Å². The molecule has 0 aromatic heterocycles. The molecule has 1 aromatic carbocycles. The number of rotatable bonds is 8. The molecule has 1 aliphatic carbocycles. The fraction of sp³-hybridized carbons (Fsp3) is 0.391. The van der Waals surface area contributed by atoms with Gasteiger partial charge in [-0.3, -0.25) is 9.59 Å². The van der Waals surface area contributed by atoms with E-state index in [-0.39, 0.29) is 23.2 Å². The zero-order valence-electron chi connectivity index (χ0n) is 17.6. The predicted molar refractivity (Wildman–Crippen MR) is 110 cm³/mol. The molecule has 1 aliphatic heterocycles. The van der Waals surface area contributed by atoms with Crippen molar-refractivity contribution in [3.63, 3.8) is 0 Å². The lowest BCUT2D eigenvalue weighted by atomic mass is 10.0. The van der Waals surface area contributed by atoms with E-state index in [1.165, 1.54) is 44.2 Å². The number of Topliss-reactive ketones (excluding diaryl/α,β-unsaturated/α-hetero) is 1. The summed E-state index contributed by atoms with van der Waals surface area (Å²) in [5, 5.41) is 18.8. The summed E-state index contributed by atoms with van der Waals surface area (Å²) in [6.45, 7) is 2.71. The van der Waals surface area contributed by atoms with E-state index in [0.29, 0.717) is 18.4 Å². The summed E-state index contributed by atoms with van der Waals surface area (Å²) in [7, 11) is 0. The summed E-state index contributed by atoms with van der Waals surface area (Å²) in [4.78, 5) is 47.9. The first-order chi connectivity index (χ1) is 15.2. The van der Waals surface area contributed by atoms with Gasteiger partial charge in [-0.15, -0.1) is 0 Å². The van der Waals surface area contributed by atoms with E-state index < -0.39 is 42.1 Å². The SMILES string of the molecule is CC(=O)O[C@@H]([C@H]1C[C@@H]1C(=O)[C@@H](C)OC(=O)/C=C/c1ccc(O)c(O)c1)[C@H]1CC=CC(=O)O1. The third kappa shape index (κ3) is 5.75. The fourth-order valence-corrected chi connectivity index (χ4v) is 3.65. The highest BCUT2D eigenvalue weighted by Gasteiger charge is 2.53. The number of carbonyl (C=O) groups excluding carboxylic acids is 4. The highest BCUT2D eigenvalue weighted by molar-refractivity contribution is 5.93. The van der Waals surface area contributed by atoms with E-state index in [4.69, 9.17) is 14.2 Å². The number of hydrogen-bond acceptors (Lipinski definition) is 9. The minimum absolute atomic E-state index is 0.283. The second-order valence-corrected chi connectivity index (χ2v) is 7.76. The van der Waals surface area contributed by atoms with Gasteiger partial charge in [0, 0.05) is 37.3 Å². The Morgan fingerprint density at radius 2 is 1.94 bits per heavy atom. The molecule has 0 bridgehead atoms. The van der Waals surface area contributed by atoms with E-state index in [1.54, 1.807) is 6.08 Å². The summed E-state index contributed by atoms with van der Waals surface area (Å²) >= 11 is 0. The van der Waals surface area contributed by atoms with Crippen LogP contribution >= 0.6 is 0 Å². The van der Waals surface area contributed by atoms with Crippen LogP contribution in [0.1, 0.15) is 32.3 Å². The highest BCUT2D eigenvalue weighted by atomic mass is 16.6. The van der Waals surface area contributed by atoms with Crippen molar-refractivity contribution in [1.29, 1.82) is 0 Å². The van der Waals surface area contributed by atoms with Crippen molar-refractivity contribution in [2.45, 2.75) is 45.0 Å². The van der Waals surface area contributed by atoms with Crippen LogP contribution in [0.25, 0.3) is 6.08 Å². The van der Waals surface area contributed by atoms with Crippen molar-refractivity contribution in [1.82, 2.24) is 0 Å². The lowest BCUT2D eigenvalue weighted by molar-refractivity contribution is -0.167. The van der Waals surface area contributed by atoms with E-state index >= 15 is 0 Å². The summed E-state index contributed by atoms with van der Waals surface area (Å²) in [6, 6.07) is 4.04. The zero-order chi connectivity index (χ0) is 23.4. The van der Waals surface area contributed by atoms with Gasteiger partial charge in [0.05, 0.1) is 0 Å². The maximum atomic E-state index is 12.7. The Balaban J connectivity index is 1.57. The number of hydrogen-bond donors (Lipinski definition) is 2. The molecule has 9 heteroatoms. The topological polar surface area (TPSA) is 136 Å². The Morgan fingerprint density at radius 3 is 2.59 bits per heavy atom. The summed E-state index contributed by atoms with van der Waals surface area (Å²) in [5.41, 5.74) is 0.457. The Hall–Kier alpha value is -3.62. The predicted octanol–water partition coefficient (Wildman–Crippen LogP) is 2.05. The van der Waals surface area contributed by atoms with Gasteiger partial charge in [0.2, 0.25) is 0 Å². The van der Waals surface area contributed by atoms with E-state index in [9.17, 15) is 29.4 Å². The van der Waals surface area contributed by atoms with Crippen LogP contribution in [0.3, 0.4) is 0 Å². The number of cyclic esters (lactones) is 1. The van der Waals surface area contributed by atoms with Gasteiger partial charge in [-0.05, 0) is 37.1 Å². The number of phenolic OH excluding ortho intramolecular Hbond substituents is 2. The van der Waals surface area contributed by atoms with Crippen LogP contribution in [-0.2, 0) is 33.4 Å². The summed E-state index contributed by atoms with van der Waals surface area (Å²) < 4.78 is 15.8. The van der Waals surface area contributed by atoms with Gasteiger partial charge in [-0.25, -0.2) is 9.59 Å². The van der Waals surface area contributed by atoms with Gasteiger partial charge in [-0.1, -0.05) is 12.1 Å². The molecule has 0 unspecified atom stereocenters. The largest absolute Gasteiger partial charge is 0.504 e. The van der Waals surface area contributed by atoms with Crippen molar-refractivity contribution in [3.05, 3.63) is 42.0 Å². The maximum absolute atomic E-state index is 12.7. The molecule has 1 fully saturated rings. The molecule has 9 nitrogen and oxygen atoms in total. The first-order valence-electron chi connectivity index (χ1n) is 10.1. The Kier molecular flexibility index (Phi) is 6.97. The van der Waals surface area contributed by atoms with Crippen molar-refractivity contribution < 1.29 is 43.6 Å². The van der Waals surface area contributed by atoms with Crippen molar-refractivity contribution in [3.8, 4) is 11.5 Å². The van der Waals surface area contributed by atoms with Crippen LogP contribution in [0.5, 0.6) is 11.5 Å².